The van der Waals surface area contributed by atoms with Gasteiger partial charge >= 0.3 is 5.97 Å². The van der Waals surface area contributed by atoms with Gasteiger partial charge in [0, 0.05) is 11.5 Å². The number of esters is 1. The van der Waals surface area contributed by atoms with E-state index in [2.05, 4.69) is 13.8 Å². The summed E-state index contributed by atoms with van der Waals surface area (Å²) in [7, 11) is 0. The van der Waals surface area contributed by atoms with Crippen LogP contribution in [0.4, 0.5) is 0 Å². The highest BCUT2D eigenvalue weighted by molar-refractivity contribution is 5.85. The maximum atomic E-state index is 12.6. The highest BCUT2D eigenvalue weighted by Crippen LogP contribution is 2.70. The van der Waals surface area contributed by atoms with Crippen LogP contribution in [0.2, 0.25) is 0 Å². The monoisotopic (exact) mass is 844 g/mol. The molecule has 4 heterocycles. The molecule has 10 N–H and O–H groups in total. The van der Waals surface area contributed by atoms with E-state index in [0.29, 0.717) is 31.3 Å². The Labute approximate surface area is 342 Å². The number of carbonyl (C=O) groups excluding carboxylic acids is 1. The zero-order valence-electron chi connectivity index (χ0n) is 33.8. The quantitative estimate of drug-likeness (QED) is 0.0897. The first kappa shape index (κ1) is 44.2. The summed E-state index contributed by atoms with van der Waals surface area (Å²) in [4.78, 5) is 11.9. The Balaban J connectivity index is 0.864. The first-order valence-corrected chi connectivity index (χ1v) is 21.5. The lowest BCUT2D eigenvalue weighted by Gasteiger charge is -2.64. The first-order chi connectivity index (χ1) is 27.9. The minimum absolute atomic E-state index is 0.0158. The number of rotatable bonds is 9. The molecule has 0 radical (unpaired) electrons. The Hall–Kier alpha value is -1.43. The van der Waals surface area contributed by atoms with Gasteiger partial charge in [0.15, 0.2) is 18.9 Å². The van der Waals surface area contributed by atoms with E-state index in [9.17, 15) is 55.9 Å². The maximum absolute atomic E-state index is 12.6. The van der Waals surface area contributed by atoms with E-state index < -0.39 is 111 Å². The second kappa shape index (κ2) is 16.6. The van der Waals surface area contributed by atoms with Crippen molar-refractivity contribution in [2.45, 2.75) is 182 Å². The van der Waals surface area contributed by atoms with Crippen molar-refractivity contribution in [3.05, 3.63) is 11.6 Å². The van der Waals surface area contributed by atoms with Crippen LogP contribution in [0.3, 0.4) is 0 Å². The number of ether oxygens (including phenoxy) is 7. The number of cyclic esters (lactones) is 1. The molecule has 0 aromatic carbocycles. The van der Waals surface area contributed by atoms with Crippen LogP contribution in [0.25, 0.3) is 0 Å². The Bertz CT molecular complexity index is 1550. The Morgan fingerprint density at radius 1 is 0.678 bits per heavy atom. The van der Waals surface area contributed by atoms with Crippen LogP contribution in [0.5, 0.6) is 0 Å². The van der Waals surface area contributed by atoms with Gasteiger partial charge in [-0.25, -0.2) is 4.79 Å². The lowest BCUT2D eigenvalue weighted by atomic mass is 9.43. The van der Waals surface area contributed by atoms with Crippen molar-refractivity contribution in [2.75, 3.05) is 19.8 Å². The lowest BCUT2D eigenvalue weighted by molar-refractivity contribution is -0.379. The second-order valence-corrected chi connectivity index (χ2v) is 19.1. The van der Waals surface area contributed by atoms with E-state index >= 15 is 0 Å². The van der Waals surface area contributed by atoms with Crippen LogP contribution < -0.4 is 0 Å². The van der Waals surface area contributed by atoms with Gasteiger partial charge in [-0.05, 0) is 99.4 Å². The summed E-state index contributed by atoms with van der Waals surface area (Å²) >= 11 is 0. The average Bonchev–Trinajstić information content (AvgIpc) is 3.76. The summed E-state index contributed by atoms with van der Waals surface area (Å²) < 4.78 is 40.4. The number of carbonyl (C=O) groups is 1. The van der Waals surface area contributed by atoms with Gasteiger partial charge in [0.1, 0.15) is 73.8 Å². The molecule has 4 aliphatic heterocycles. The van der Waals surface area contributed by atoms with Crippen LogP contribution in [0, 0.1) is 34.5 Å². The predicted octanol–water partition coefficient (Wildman–Crippen LogP) is -1.90. The summed E-state index contributed by atoms with van der Waals surface area (Å²) in [6.45, 7) is 4.98. The number of fused-ring (bicyclic) bond motifs is 5. The molecule has 7 fully saturated rings. The molecule has 59 heavy (non-hydrogen) atoms. The molecule has 8 rings (SSSR count). The standard InChI is InChI=1S/C41H64O18/c1-17-34(58-38-33(51)30(48)35(25(15-43)57-38)59-37-31(49)28(46)27(45)24(14-42)56-37)29(47)32(50)36(54-17)55-20-6-9-39(2)19(13-20)4-5-23-22(39)7-10-40(3)21(8-11-41(23,40)52)18-12-26(44)53-16-18/h12,17,19-25,27-38,42-43,45-52H,4-11,13-16H2,1-3H3/t17-,19-,20+,21-,22+,23-,24-,25-,27-,28+,29+,30-,31-,32-,33-,34+,35-,36+,37+,38+,39+,40-,41+/m1/s1. The molecule has 4 saturated carbocycles. The third kappa shape index (κ3) is 7.33. The zero-order valence-corrected chi connectivity index (χ0v) is 33.8. The van der Waals surface area contributed by atoms with E-state index in [1.807, 2.05) is 0 Å². The number of hydrogen-bond donors (Lipinski definition) is 10. The van der Waals surface area contributed by atoms with Crippen molar-refractivity contribution in [1.29, 1.82) is 0 Å². The third-order valence-corrected chi connectivity index (χ3v) is 16.3. The van der Waals surface area contributed by atoms with Crippen molar-refractivity contribution in [3.63, 3.8) is 0 Å². The van der Waals surface area contributed by atoms with Crippen LogP contribution in [0.15, 0.2) is 11.6 Å². The molecule has 0 unspecified atom stereocenters. The number of aliphatic hydroxyl groups is 10. The Morgan fingerprint density at radius 2 is 1.31 bits per heavy atom. The van der Waals surface area contributed by atoms with Gasteiger partial charge in [-0.15, -0.1) is 0 Å². The van der Waals surface area contributed by atoms with E-state index in [4.69, 9.17) is 33.2 Å². The maximum Gasteiger partial charge on any atom is 0.331 e. The molecular formula is C41H64O18. The van der Waals surface area contributed by atoms with E-state index in [1.165, 1.54) is 0 Å². The predicted molar refractivity (Wildman–Crippen MR) is 198 cm³/mol. The van der Waals surface area contributed by atoms with Crippen molar-refractivity contribution in [2.24, 2.45) is 34.5 Å². The molecule has 0 bridgehead atoms. The van der Waals surface area contributed by atoms with Gasteiger partial charge in [-0.2, -0.15) is 0 Å². The molecule has 0 aromatic rings. The largest absolute Gasteiger partial charge is 0.458 e. The minimum Gasteiger partial charge on any atom is -0.458 e. The van der Waals surface area contributed by atoms with Crippen molar-refractivity contribution < 1.29 is 89.0 Å². The van der Waals surface area contributed by atoms with E-state index in [1.54, 1.807) is 13.0 Å². The highest BCUT2D eigenvalue weighted by atomic mass is 16.8. The van der Waals surface area contributed by atoms with Gasteiger partial charge in [0.25, 0.3) is 0 Å². The topological polar surface area (TPSA) is 284 Å². The fraction of sp³-hybridized carbons (Fsp3) is 0.927. The molecule has 0 amide bonds. The van der Waals surface area contributed by atoms with Gasteiger partial charge in [-0.1, -0.05) is 13.8 Å². The van der Waals surface area contributed by atoms with Crippen LogP contribution >= 0.6 is 0 Å². The van der Waals surface area contributed by atoms with Crippen LogP contribution in [0.1, 0.15) is 78.6 Å². The van der Waals surface area contributed by atoms with E-state index in [0.717, 1.165) is 50.5 Å². The first-order valence-electron chi connectivity index (χ1n) is 21.5. The van der Waals surface area contributed by atoms with Gasteiger partial charge in [-0.3, -0.25) is 0 Å². The summed E-state index contributed by atoms with van der Waals surface area (Å²) in [5, 5.41) is 108. The minimum atomic E-state index is -1.84. The summed E-state index contributed by atoms with van der Waals surface area (Å²) in [5.41, 5.74) is -0.142. The molecule has 18 nitrogen and oxygen atoms in total. The zero-order chi connectivity index (χ0) is 42.3. The SMILES string of the molecule is C[C@H]1O[C@@H](O[C@H]2CC[C@@]3(C)[C@H](CC[C@@H]4[C@@H]3CC[C@]3(C)[C@@H](C5=CC(=O)OC5)CC[C@]43O)C2)[C@H](O)[C@H](O)[C@H]1O[C@@H]1O[C@H](CO)[C@@H](O[C@@H]2O[C@H](CO)[C@@H](O)[C@H](O)[C@H]2O)[C@H](O)[C@H]1O. The van der Waals surface area contributed by atoms with Crippen LogP contribution in [-0.2, 0) is 38.0 Å². The number of hydrogen-bond acceptors (Lipinski definition) is 18. The third-order valence-electron chi connectivity index (χ3n) is 16.3. The van der Waals surface area contributed by atoms with Gasteiger partial charge in [0.05, 0.1) is 31.0 Å². The molecule has 4 aliphatic carbocycles. The molecule has 23 atom stereocenters. The smallest absolute Gasteiger partial charge is 0.331 e. The van der Waals surface area contributed by atoms with Crippen molar-refractivity contribution in [3.8, 4) is 0 Å². The Morgan fingerprint density at radius 3 is 1.97 bits per heavy atom. The molecule has 3 saturated heterocycles. The van der Waals surface area contributed by atoms with Gasteiger partial charge in [0.2, 0.25) is 0 Å². The average molecular weight is 845 g/mol. The summed E-state index contributed by atoms with van der Waals surface area (Å²) in [5.74, 6) is 0.641. The lowest BCUT2D eigenvalue weighted by Crippen LogP contribution is -2.66. The second-order valence-electron chi connectivity index (χ2n) is 19.1. The summed E-state index contributed by atoms with van der Waals surface area (Å²) in [6.07, 6.45) is -14.1. The molecule has 0 aromatic heterocycles. The molecular weight excluding hydrogens is 780 g/mol. The van der Waals surface area contributed by atoms with E-state index in [-0.39, 0.29) is 34.7 Å². The molecule has 0 spiro atoms. The Kier molecular flexibility index (Phi) is 12.4. The number of aliphatic hydroxyl groups excluding tert-OH is 9. The van der Waals surface area contributed by atoms with Crippen molar-refractivity contribution >= 4 is 5.97 Å². The molecule has 336 valence electrons. The normalized spacial score (nSPS) is 55.1. The molecule has 18 heteroatoms. The fourth-order valence-electron chi connectivity index (χ4n) is 12.8. The summed E-state index contributed by atoms with van der Waals surface area (Å²) in [6, 6.07) is 0. The van der Waals surface area contributed by atoms with Crippen LogP contribution in [-0.4, -0.2) is 181 Å². The highest BCUT2D eigenvalue weighted by Gasteiger charge is 2.68. The van der Waals surface area contributed by atoms with Crippen molar-refractivity contribution in [1.82, 2.24) is 0 Å². The molecule has 8 aliphatic rings. The van der Waals surface area contributed by atoms with Gasteiger partial charge < -0.3 is 84.2 Å². The fourth-order valence-corrected chi connectivity index (χ4v) is 12.8.